The maximum absolute atomic E-state index is 13.6. The molecule has 0 aliphatic carbocycles. The molecular formula is C33H44N2O7. The van der Waals surface area contributed by atoms with Gasteiger partial charge in [-0.2, -0.15) is 0 Å². The molecule has 1 amide bonds. The number of hydrogen-bond donors (Lipinski definition) is 1. The summed E-state index contributed by atoms with van der Waals surface area (Å²) in [4.78, 5) is 30.9. The van der Waals surface area contributed by atoms with Crippen LogP contribution in [0.4, 0.5) is 0 Å². The highest BCUT2D eigenvalue weighted by Gasteiger charge is 2.46. The van der Waals surface area contributed by atoms with Gasteiger partial charge in [-0.15, -0.1) is 0 Å². The Balaban J connectivity index is 1.71. The van der Waals surface area contributed by atoms with Gasteiger partial charge in [0, 0.05) is 31.7 Å². The van der Waals surface area contributed by atoms with Crippen molar-refractivity contribution in [1.29, 1.82) is 0 Å². The summed E-state index contributed by atoms with van der Waals surface area (Å²) in [6.07, 6.45) is 1.58. The Hall–Kier alpha value is -3.56. The molecule has 1 N–H and O–H groups in total. The second-order valence-corrected chi connectivity index (χ2v) is 11.2. The molecule has 2 aromatic rings. The average molecular weight is 581 g/mol. The largest absolute Gasteiger partial charge is 0.507 e. The summed E-state index contributed by atoms with van der Waals surface area (Å²) < 4.78 is 22.7. The second kappa shape index (κ2) is 14.6. The first kappa shape index (κ1) is 31.4. The first-order chi connectivity index (χ1) is 20.2. The van der Waals surface area contributed by atoms with Crippen LogP contribution in [-0.4, -0.2) is 86.3 Å². The number of ketones is 1. The van der Waals surface area contributed by atoms with Crippen molar-refractivity contribution in [3.63, 3.8) is 0 Å². The number of hydrogen-bond acceptors (Lipinski definition) is 8. The van der Waals surface area contributed by atoms with E-state index < -0.39 is 17.7 Å². The summed E-state index contributed by atoms with van der Waals surface area (Å²) >= 11 is 0. The first-order valence-electron chi connectivity index (χ1n) is 14.9. The van der Waals surface area contributed by atoms with E-state index >= 15 is 0 Å². The molecule has 0 bridgehead atoms. The number of rotatable bonds is 13. The Labute approximate surface area is 249 Å². The lowest BCUT2D eigenvalue weighted by atomic mass is 9.93. The zero-order valence-electron chi connectivity index (χ0n) is 25.5. The SMILES string of the molecule is CCOc1ccc(C(O)=C2C(=O)C(=O)N(CCCN3CCOCC3)C2c2ccc(OCCC(C)C)c(OC)c2)c(C)c1. The van der Waals surface area contributed by atoms with Gasteiger partial charge in [0.15, 0.2) is 11.5 Å². The highest BCUT2D eigenvalue weighted by atomic mass is 16.5. The van der Waals surface area contributed by atoms with Crippen LogP contribution in [0.25, 0.3) is 5.76 Å². The molecule has 2 aliphatic heterocycles. The Morgan fingerprint density at radius 3 is 2.48 bits per heavy atom. The quantitative estimate of drug-likeness (QED) is 0.202. The van der Waals surface area contributed by atoms with E-state index in [2.05, 4.69) is 18.7 Å². The van der Waals surface area contributed by atoms with Crippen LogP contribution in [0.15, 0.2) is 42.0 Å². The summed E-state index contributed by atoms with van der Waals surface area (Å²) in [5.41, 5.74) is 1.95. The molecule has 2 aliphatic rings. The fourth-order valence-corrected chi connectivity index (χ4v) is 5.43. The molecule has 4 rings (SSSR count). The van der Waals surface area contributed by atoms with Crippen molar-refractivity contribution < 1.29 is 33.6 Å². The summed E-state index contributed by atoms with van der Waals surface area (Å²) in [7, 11) is 1.57. The molecule has 2 aromatic carbocycles. The average Bonchev–Trinajstić information content (AvgIpc) is 3.22. The number of aliphatic hydroxyl groups is 1. The van der Waals surface area contributed by atoms with E-state index in [0.717, 1.165) is 31.6 Å². The van der Waals surface area contributed by atoms with Gasteiger partial charge in [-0.1, -0.05) is 19.9 Å². The lowest BCUT2D eigenvalue weighted by Gasteiger charge is -2.29. The van der Waals surface area contributed by atoms with E-state index in [0.29, 0.717) is 73.7 Å². The predicted octanol–water partition coefficient (Wildman–Crippen LogP) is 4.97. The summed E-state index contributed by atoms with van der Waals surface area (Å²) in [5.74, 6) is 0.742. The van der Waals surface area contributed by atoms with Crippen LogP contribution in [0, 0.1) is 12.8 Å². The smallest absolute Gasteiger partial charge is 0.295 e. The first-order valence-corrected chi connectivity index (χ1v) is 14.9. The fraction of sp³-hybridized carbons (Fsp3) is 0.515. The van der Waals surface area contributed by atoms with Crippen molar-refractivity contribution in [2.75, 3.05) is 59.7 Å². The molecule has 1 unspecified atom stereocenters. The van der Waals surface area contributed by atoms with Crippen molar-refractivity contribution in [2.45, 2.75) is 46.6 Å². The van der Waals surface area contributed by atoms with Gasteiger partial charge in [-0.25, -0.2) is 0 Å². The summed E-state index contributed by atoms with van der Waals surface area (Å²) in [6.45, 7) is 13.3. The maximum atomic E-state index is 13.6. The molecule has 42 heavy (non-hydrogen) atoms. The van der Waals surface area contributed by atoms with Gasteiger partial charge in [0.05, 0.1) is 45.2 Å². The maximum Gasteiger partial charge on any atom is 0.295 e. The third-order valence-corrected chi connectivity index (χ3v) is 7.74. The molecule has 2 saturated heterocycles. The van der Waals surface area contributed by atoms with Crippen molar-refractivity contribution >= 4 is 17.4 Å². The Morgan fingerprint density at radius 1 is 1.05 bits per heavy atom. The normalized spacial score (nSPS) is 19.0. The second-order valence-electron chi connectivity index (χ2n) is 11.2. The van der Waals surface area contributed by atoms with Crippen molar-refractivity contribution in [3.8, 4) is 17.2 Å². The van der Waals surface area contributed by atoms with E-state index in [4.69, 9.17) is 18.9 Å². The molecule has 9 nitrogen and oxygen atoms in total. The van der Waals surface area contributed by atoms with E-state index in [9.17, 15) is 14.7 Å². The highest BCUT2D eigenvalue weighted by molar-refractivity contribution is 6.46. The number of methoxy groups -OCH3 is 1. The molecule has 9 heteroatoms. The summed E-state index contributed by atoms with van der Waals surface area (Å²) in [6, 6.07) is 9.98. The standard InChI is InChI=1S/C33H44N2O7/c1-6-41-25-9-10-26(23(4)20-25)31(36)29-30(24-8-11-27(28(21-24)39-5)42-17-12-22(2)3)35(33(38)32(29)37)14-7-13-34-15-18-40-19-16-34/h8-11,20-22,30,36H,6-7,12-19H2,1-5H3. The number of morpholine rings is 1. The monoisotopic (exact) mass is 580 g/mol. The highest BCUT2D eigenvalue weighted by Crippen LogP contribution is 2.42. The molecule has 0 radical (unpaired) electrons. The van der Waals surface area contributed by atoms with Gasteiger partial charge >= 0.3 is 0 Å². The molecule has 0 saturated carbocycles. The number of carbonyl (C=O) groups excluding carboxylic acids is 2. The topological polar surface area (TPSA) is 97.8 Å². The van der Waals surface area contributed by atoms with Crippen molar-refractivity contribution in [3.05, 3.63) is 58.7 Å². The van der Waals surface area contributed by atoms with Gasteiger partial charge in [0.1, 0.15) is 11.5 Å². The molecule has 0 spiro atoms. The number of amides is 1. The van der Waals surface area contributed by atoms with E-state index in [1.54, 1.807) is 30.2 Å². The van der Waals surface area contributed by atoms with Crippen LogP contribution in [-0.2, 0) is 14.3 Å². The van der Waals surface area contributed by atoms with Gasteiger partial charge < -0.3 is 29.0 Å². The number of benzene rings is 2. The molecule has 2 heterocycles. The Bertz CT molecular complexity index is 1280. The van der Waals surface area contributed by atoms with E-state index in [1.807, 2.05) is 32.0 Å². The van der Waals surface area contributed by atoms with Gasteiger partial charge in [-0.05, 0) is 74.1 Å². The van der Waals surface area contributed by atoms with E-state index in [1.165, 1.54) is 0 Å². The number of likely N-dealkylation sites (tertiary alicyclic amines) is 1. The van der Waals surface area contributed by atoms with Crippen LogP contribution < -0.4 is 14.2 Å². The number of carbonyl (C=O) groups is 2. The number of aliphatic hydroxyl groups excluding tert-OH is 1. The number of Topliss-reactive ketones (excluding diaryl/α,β-unsaturated/α-hetero) is 1. The molecule has 1 atom stereocenters. The van der Waals surface area contributed by atoms with E-state index in [-0.39, 0.29) is 11.3 Å². The van der Waals surface area contributed by atoms with Gasteiger partial charge in [0.25, 0.3) is 11.7 Å². The number of nitrogens with zero attached hydrogens (tertiary/aromatic N) is 2. The Morgan fingerprint density at radius 2 is 1.81 bits per heavy atom. The fourth-order valence-electron chi connectivity index (χ4n) is 5.43. The minimum Gasteiger partial charge on any atom is -0.507 e. The third-order valence-electron chi connectivity index (χ3n) is 7.74. The van der Waals surface area contributed by atoms with Gasteiger partial charge in [-0.3, -0.25) is 14.5 Å². The zero-order valence-corrected chi connectivity index (χ0v) is 25.5. The lowest BCUT2D eigenvalue weighted by Crippen LogP contribution is -2.39. The molecule has 0 aromatic heterocycles. The van der Waals surface area contributed by atoms with Crippen LogP contribution in [0.2, 0.25) is 0 Å². The minimum absolute atomic E-state index is 0.0640. The third kappa shape index (κ3) is 7.25. The predicted molar refractivity (Wildman–Crippen MR) is 161 cm³/mol. The van der Waals surface area contributed by atoms with Crippen LogP contribution in [0.1, 0.15) is 56.3 Å². The van der Waals surface area contributed by atoms with Gasteiger partial charge in [0.2, 0.25) is 0 Å². The van der Waals surface area contributed by atoms with Crippen LogP contribution in [0.3, 0.4) is 0 Å². The number of aryl methyl sites for hydroxylation is 1. The minimum atomic E-state index is -0.778. The Kier molecular flexibility index (Phi) is 10.9. The number of ether oxygens (including phenoxy) is 4. The zero-order chi connectivity index (χ0) is 30.2. The van der Waals surface area contributed by atoms with Crippen molar-refractivity contribution in [2.24, 2.45) is 5.92 Å². The summed E-state index contributed by atoms with van der Waals surface area (Å²) in [5, 5.41) is 11.6. The lowest BCUT2D eigenvalue weighted by molar-refractivity contribution is -0.140. The van der Waals surface area contributed by atoms with Crippen LogP contribution >= 0.6 is 0 Å². The molecule has 228 valence electrons. The van der Waals surface area contributed by atoms with Crippen LogP contribution in [0.5, 0.6) is 17.2 Å². The molecule has 2 fully saturated rings. The van der Waals surface area contributed by atoms with Crippen molar-refractivity contribution in [1.82, 2.24) is 9.80 Å². The molecular weight excluding hydrogens is 536 g/mol.